The minimum Gasteiger partial charge on any atom is -0.291 e. The van der Waals surface area contributed by atoms with Crippen LogP contribution in [-0.4, -0.2) is 16.4 Å². The number of nitro groups is 1. The van der Waals surface area contributed by atoms with Crippen LogP contribution < -0.4 is 0 Å². The fraction of sp³-hybridized carbons (Fsp3) is 0.333. The maximum atomic E-state index is 11.1. The van der Waals surface area contributed by atoms with Gasteiger partial charge in [0.15, 0.2) is 0 Å². The van der Waals surface area contributed by atoms with E-state index in [2.05, 4.69) is 22.4 Å². The van der Waals surface area contributed by atoms with E-state index in [-0.39, 0.29) is 10.6 Å². The molecular weight excluding hydrogens is 272 g/mol. The van der Waals surface area contributed by atoms with Crippen molar-refractivity contribution in [2.24, 2.45) is 0 Å². The summed E-state index contributed by atoms with van der Waals surface area (Å²) >= 11 is 1.77. The molecule has 0 saturated carbocycles. The number of rotatable bonds is 4. The number of thiophene rings is 1. The molecule has 0 amide bonds. The van der Waals surface area contributed by atoms with Gasteiger partial charge in [0.2, 0.25) is 0 Å². The lowest BCUT2D eigenvalue weighted by molar-refractivity contribution is -0.385. The zero-order chi connectivity index (χ0) is 13.9. The monoisotopic (exact) mass is 288 g/mol. The van der Waals surface area contributed by atoms with Gasteiger partial charge in [-0.1, -0.05) is 24.3 Å². The molecule has 0 spiro atoms. The second kappa shape index (κ2) is 5.73. The summed E-state index contributed by atoms with van der Waals surface area (Å²) in [7, 11) is 0. The van der Waals surface area contributed by atoms with E-state index in [0.717, 1.165) is 24.9 Å². The molecule has 0 N–H and O–H groups in total. The van der Waals surface area contributed by atoms with Crippen LogP contribution in [0.4, 0.5) is 5.69 Å². The van der Waals surface area contributed by atoms with Gasteiger partial charge in [0.05, 0.1) is 4.92 Å². The van der Waals surface area contributed by atoms with Gasteiger partial charge in [-0.15, -0.1) is 11.3 Å². The fourth-order valence-electron chi connectivity index (χ4n) is 2.86. The van der Waals surface area contributed by atoms with Crippen LogP contribution in [0.3, 0.4) is 0 Å². The number of nitro benzene ring substituents is 1. The van der Waals surface area contributed by atoms with Crippen molar-refractivity contribution in [3.05, 3.63) is 62.3 Å². The minimum atomic E-state index is -0.286. The molecule has 2 aromatic rings. The summed E-state index contributed by atoms with van der Waals surface area (Å²) in [5, 5.41) is 13.2. The molecule has 104 valence electrons. The lowest BCUT2D eigenvalue weighted by Crippen LogP contribution is -2.22. The van der Waals surface area contributed by atoms with Crippen molar-refractivity contribution in [1.82, 2.24) is 4.90 Å². The van der Waals surface area contributed by atoms with Gasteiger partial charge in [0.1, 0.15) is 0 Å². The maximum Gasteiger partial charge on any atom is 0.273 e. The minimum absolute atomic E-state index is 0.226. The van der Waals surface area contributed by atoms with E-state index in [0.29, 0.717) is 12.6 Å². The molecule has 2 heterocycles. The zero-order valence-electron chi connectivity index (χ0n) is 11.1. The molecule has 3 rings (SSSR count). The van der Waals surface area contributed by atoms with Crippen molar-refractivity contribution in [2.75, 3.05) is 6.54 Å². The van der Waals surface area contributed by atoms with Crippen molar-refractivity contribution in [3.63, 3.8) is 0 Å². The number of hydrogen-bond acceptors (Lipinski definition) is 4. The van der Waals surface area contributed by atoms with E-state index in [1.165, 1.54) is 4.88 Å². The van der Waals surface area contributed by atoms with Gasteiger partial charge in [-0.3, -0.25) is 15.0 Å². The second-order valence-corrected chi connectivity index (χ2v) is 6.01. The normalized spacial score (nSPS) is 19.3. The lowest BCUT2D eigenvalue weighted by atomic mass is 10.1. The van der Waals surface area contributed by atoms with Crippen LogP contribution in [0.25, 0.3) is 0 Å². The van der Waals surface area contributed by atoms with Crippen LogP contribution in [0, 0.1) is 10.1 Å². The van der Waals surface area contributed by atoms with Crippen LogP contribution >= 0.6 is 11.3 Å². The smallest absolute Gasteiger partial charge is 0.273 e. The first-order chi connectivity index (χ1) is 9.75. The summed E-state index contributed by atoms with van der Waals surface area (Å²) < 4.78 is 0. The molecule has 1 aliphatic rings. The van der Waals surface area contributed by atoms with Crippen LogP contribution in [0.2, 0.25) is 0 Å². The van der Waals surface area contributed by atoms with Gasteiger partial charge >= 0.3 is 0 Å². The molecule has 0 bridgehead atoms. The standard InChI is InChI=1S/C15H16N2O2S/c18-17(19)13-6-2-1-5-12(13)11-16-9-3-7-14(16)15-8-4-10-20-15/h1-2,4-6,8,10,14H,3,7,9,11H2. The summed E-state index contributed by atoms with van der Waals surface area (Å²) in [5.74, 6) is 0. The highest BCUT2D eigenvalue weighted by Crippen LogP contribution is 2.36. The first kappa shape index (κ1) is 13.3. The van der Waals surface area contributed by atoms with Crippen molar-refractivity contribution in [1.29, 1.82) is 0 Å². The Morgan fingerprint density at radius 3 is 2.90 bits per heavy atom. The Bertz CT molecular complexity index is 598. The molecule has 20 heavy (non-hydrogen) atoms. The molecule has 5 heteroatoms. The molecule has 1 fully saturated rings. The Hall–Kier alpha value is -1.72. The maximum absolute atomic E-state index is 11.1. The van der Waals surface area contributed by atoms with Gasteiger partial charge in [-0.25, -0.2) is 0 Å². The summed E-state index contributed by atoms with van der Waals surface area (Å²) in [5.41, 5.74) is 1.03. The number of benzene rings is 1. The molecule has 1 atom stereocenters. The third-order valence-corrected chi connectivity index (χ3v) is 4.77. The van der Waals surface area contributed by atoms with Gasteiger partial charge in [0, 0.05) is 29.1 Å². The van der Waals surface area contributed by atoms with E-state index in [4.69, 9.17) is 0 Å². The van der Waals surface area contributed by atoms with Gasteiger partial charge in [-0.05, 0) is 30.8 Å². The number of para-hydroxylation sites is 1. The molecule has 1 saturated heterocycles. The largest absolute Gasteiger partial charge is 0.291 e. The molecule has 0 aliphatic carbocycles. The molecule has 0 radical (unpaired) electrons. The summed E-state index contributed by atoms with van der Waals surface area (Å²) in [4.78, 5) is 14.5. The van der Waals surface area contributed by atoms with E-state index < -0.39 is 0 Å². The topological polar surface area (TPSA) is 46.4 Å². The SMILES string of the molecule is O=[N+]([O-])c1ccccc1CN1CCCC1c1cccs1. The Morgan fingerprint density at radius 2 is 2.15 bits per heavy atom. The average molecular weight is 288 g/mol. The Labute approximate surface area is 121 Å². The molecule has 1 aromatic carbocycles. The van der Waals surface area contributed by atoms with Crippen LogP contribution in [-0.2, 0) is 6.54 Å². The number of likely N-dealkylation sites (tertiary alicyclic amines) is 1. The summed E-state index contributed by atoms with van der Waals surface area (Å²) in [6.07, 6.45) is 2.30. The van der Waals surface area contributed by atoms with Crippen LogP contribution in [0.5, 0.6) is 0 Å². The number of hydrogen-bond donors (Lipinski definition) is 0. The molecule has 1 unspecified atom stereocenters. The van der Waals surface area contributed by atoms with Gasteiger partial charge in [-0.2, -0.15) is 0 Å². The third kappa shape index (κ3) is 2.59. The highest BCUT2D eigenvalue weighted by atomic mass is 32.1. The molecular formula is C15H16N2O2S. The first-order valence-electron chi connectivity index (χ1n) is 6.75. The van der Waals surface area contributed by atoms with E-state index >= 15 is 0 Å². The Kier molecular flexibility index (Phi) is 3.80. The predicted octanol–water partition coefficient (Wildman–Crippen LogP) is 3.99. The van der Waals surface area contributed by atoms with Gasteiger partial charge < -0.3 is 0 Å². The second-order valence-electron chi connectivity index (χ2n) is 5.03. The molecule has 1 aliphatic heterocycles. The van der Waals surface area contributed by atoms with E-state index in [1.54, 1.807) is 23.5 Å². The first-order valence-corrected chi connectivity index (χ1v) is 7.63. The van der Waals surface area contributed by atoms with Crippen LogP contribution in [0.15, 0.2) is 41.8 Å². The van der Waals surface area contributed by atoms with Crippen molar-refractivity contribution >= 4 is 17.0 Å². The summed E-state index contributed by atoms with van der Waals surface area (Å²) in [6.45, 7) is 1.66. The van der Waals surface area contributed by atoms with Crippen molar-refractivity contribution in [2.45, 2.75) is 25.4 Å². The predicted molar refractivity (Wildman–Crippen MR) is 79.8 cm³/mol. The Balaban J connectivity index is 1.82. The highest BCUT2D eigenvalue weighted by Gasteiger charge is 2.28. The van der Waals surface area contributed by atoms with Crippen molar-refractivity contribution < 1.29 is 4.92 Å². The van der Waals surface area contributed by atoms with Gasteiger partial charge in [0.25, 0.3) is 5.69 Å². The third-order valence-electron chi connectivity index (χ3n) is 3.80. The van der Waals surface area contributed by atoms with Crippen molar-refractivity contribution in [3.8, 4) is 0 Å². The zero-order valence-corrected chi connectivity index (χ0v) is 11.9. The summed E-state index contributed by atoms with van der Waals surface area (Å²) in [6, 6.07) is 11.7. The van der Waals surface area contributed by atoms with E-state index in [1.807, 2.05) is 12.1 Å². The molecule has 4 nitrogen and oxygen atoms in total. The average Bonchev–Trinajstić information content (AvgIpc) is 3.09. The molecule has 1 aromatic heterocycles. The fourth-order valence-corrected chi connectivity index (χ4v) is 3.76. The number of nitrogens with zero attached hydrogens (tertiary/aromatic N) is 2. The quantitative estimate of drug-likeness (QED) is 0.631. The Morgan fingerprint density at radius 1 is 1.30 bits per heavy atom. The van der Waals surface area contributed by atoms with E-state index in [9.17, 15) is 10.1 Å². The highest BCUT2D eigenvalue weighted by molar-refractivity contribution is 7.10. The van der Waals surface area contributed by atoms with Crippen LogP contribution in [0.1, 0.15) is 29.3 Å². The lowest BCUT2D eigenvalue weighted by Gasteiger charge is -2.23.